The first kappa shape index (κ1) is 16.8. The Morgan fingerprint density at radius 2 is 2.00 bits per heavy atom. The number of halogens is 1. The summed E-state index contributed by atoms with van der Waals surface area (Å²) >= 11 is 2.27. The van der Waals surface area contributed by atoms with Crippen molar-refractivity contribution >= 4 is 34.2 Å². The monoisotopic (exact) mass is 409 g/mol. The maximum absolute atomic E-state index is 12.1. The highest BCUT2D eigenvalue weighted by atomic mass is 127. The normalized spacial score (nSPS) is 10.4. The van der Waals surface area contributed by atoms with E-state index in [4.69, 9.17) is 4.74 Å². The van der Waals surface area contributed by atoms with E-state index in [1.54, 1.807) is 0 Å². The Morgan fingerprint density at radius 3 is 2.73 bits per heavy atom. The summed E-state index contributed by atoms with van der Waals surface area (Å²) in [5, 5.41) is 2.93. The number of hydrogen-bond donors (Lipinski definition) is 1. The van der Waals surface area contributed by atoms with Gasteiger partial charge in [-0.1, -0.05) is 19.1 Å². The molecule has 2 aromatic carbocycles. The summed E-state index contributed by atoms with van der Waals surface area (Å²) in [7, 11) is 0. The fraction of sp³-hybridized carbons (Fsp3) is 0.278. The van der Waals surface area contributed by atoms with Crippen molar-refractivity contribution in [2.75, 3.05) is 11.9 Å². The van der Waals surface area contributed by atoms with Crippen LogP contribution in [0.4, 0.5) is 5.69 Å². The number of nitrogens with one attached hydrogen (secondary N) is 1. The smallest absolute Gasteiger partial charge is 0.262 e. The van der Waals surface area contributed by atoms with E-state index in [1.807, 2.05) is 44.2 Å². The van der Waals surface area contributed by atoms with Crippen molar-refractivity contribution in [2.45, 2.75) is 27.2 Å². The van der Waals surface area contributed by atoms with Crippen LogP contribution in [0.25, 0.3) is 0 Å². The molecule has 1 N–H and O–H groups in total. The molecule has 0 spiro atoms. The Labute approximate surface area is 145 Å². The Morgan fingerprint density at radius 1 is 1.23 bits per heavy atom. The van der Waals surface area contributed by atoms with Gasteiger partial charge in [0.05, 0.1) is 0 Å². The minimum Gasteiger partial charge on any atom is -0.483 e. The zero-order chi connectivity index (χ0) is 16.1. The molecule has 0 saturated heterocycles. The summed E-state index contributed by atoms with van der Waals surface area (Å²) < 4.78 is 6.80. The molecule has 0 radical (unpaired) electrons. The predicted molar refractivity (Wildman–Crippen MR) is 98.6 cm³/mol. The maximum Gasteiger partial charge on any atom is 0.262 e. The zero-order valence-electron chi connectivity index (χ0n) is 13.1. The first-order valence-electron chi connectivity index (χ1n) is 7.28. The Hall–Kier alpha value is -1.56. The number of rotatable bonds is 5. The maximum atomic E-state index is 12.1. The van der Waals surface area contributed by atoms with Crippen LogP contribution in [0.1, 0.15) is 23.6 Å². The standard InChI is InChI=1S/C18H20INO2/c1-4-14-10-15(19)8-9-16(14)20-18(21)11-22-17-7-5-6-12(2)13(17)3/h5-10H,4,11H2,1-3H3,(H,20,21). The molecule has 0 aliphatic carbocycles. The predicted octanol–water partition coefficient (Wildman–Crippen LogP) is 4.49. The summed E-state index contributed by atoms with van der Waals surface area (Å²) in [5.41, 5.74) is 4.21. The lowest BCUT2D eigenvalue weighted by molar-refractivity contribution is -0.118. The molecule has 2 aromatic rings. The van der Waals surface area contributed by atoms with Gasteiger partial charge in [-0.3, -0.25) is 4.79 Å². The van der Waals surface area contributed by atoms with E-state index in [9.17, 15) is 4.79 Å². The van der Waals surface area contributed by atoms with Gasteiger partial charge in [-0.05, 0) is 83.8 Å². The molecule has 4 heteroatoms. The lowest BCUT2D eigenvalue weighted by Gasteiger charge is -2.13. The van der Waals surface area contributed by atoms with Crippen LogP contribution in [0.2, 0.25) is 0 Å². The van der Waals surface area contributed by atoms with Crippen LogP contribution in [0.5, 0.6) is 5.75 Å². The van der Waals surface area contributed by atoms with E-state index in [0.717, 1.165) is 34.5 Å². The number of anilines is 1. The van der Waals surface area contributed by atoms with E-state index < -0.39 is 0 Å². The summed E-state index contributed by atoms with van der Waals surface area (Å²) in [6.45, 7) is 6.12. The van der Waals surface area contributed by atoms with E-state index >= 15 is 0 Å². The number of ether oxygens (including phenoxy) is 1. The van der Waals surface area contributed by atoms with E-state index in [2.05, 4.69) is 40.9 Å². The van der Waals surface area contributed by atoms with E-state index in [0.29, 0.717) is 0 Å². The molecule has 22 heavy (non-hydrogen) atoms. The summed E-state index contributed by atoms with van der Waals surface area (Å²) in [5.74, 6) is 0.616. The zero-order valence-corrected chi connectivity index (χ0v) is 15.2. The van der Waals surface area contributed by atoms with Crippen molar-refractivity contribution in [3.05, 3.63) is 56.7 Å². The molecular weight excluding hydrogens is 389 g/mol. The molecule has 0 unspecified atom stereocenters. The highest BCUT2D eigenvalue weighted by Gasteiger charge is 2.09. The molecule has 0 aromatic heterocycles. The molecule has 0 aliphatic heterocycles. The highest BCUT2D eigenvalue weighted by molar-refractivity contribution is 14.1. The molecular formula is C18H20INO2. The van der Waals surface area contributed by atoms with Crippen LogP contribution in [0.3, 0.4) is 0 Å². The van der Waals surface area contributed by atoms with Gasteiger partial charge in [0.25, 0.3) is 5.91 Å². The Bertz CT molecular complexity index is 683. The van der Waals surface area contributed by atoms with E-state index in [-0.39, 0.29) is 12.5 Å². The molecule has 0 atom stereocenters. The first-order valence-corrected chi connectivity index (χ1v) is 8.36. The molecule has 0 aliphatic rings. The van der Waals surface area contributed by atoms with Gasteiger partial charge < -0.3 is 10.1 Å². The number of hydrogen-bond acceptors (Lipinski definition) is 2. The fourth-order valence-corrected chi connectivity index (χ4v) is 2.74. The Kier molecular flexibility index (Phi) is 5.83. The minimum atomic E-state index is -0.142. The average Bonchev–Trinajstić information content (AvgIpc) is 2.50. The Balaban J connectivity index is 2.00. The van der Waals surface area contributed by atoms with Crippen molar-refractivity contribution in [3.63, 3.8) is 0 Å². The molecule has 0 heterocycles. The number of benzene rings is 2. The van der Waals surface area contributed by atoms with Crippen LogP contribution >= 0.6 is 22.6 Å². The van der Waals surface area contributed by atoms with Gasteiger partial charge >= 0.3 is 0 Å². The topological polar surface area (TPSA) is 38.3 Å². The van der Waals surface area contributed by atoms with Gasteiger partial charge in [0.15, 0.2) is 6.61 Å². The lowest BCUT2D eigenvalue weighted by atomic mass is 10.1. The van der Waals surface area contributed by atoms with Gasteiger partial charge in [0.2, 0.25) is 0 Å². The fourth-order valence-electron chi connectivity index (χ4n) is 2.19. The molecule has 2 rings (SSSR count). The van der Waals surface area contributed by atoms with Crippen LogP contribution < -0.4 is 10.1 Å². The number of carbonyl (C=O) groups excluding carboxylic acids is 1. The van der Waals surface area contributed by atoms with Crippen molar-refractivity contribution in [1.82, 2.24) is 0 Å². The van der Waals surface area contributed by atoms with Gasteiger partial charge in [-0.25, -0.2) is 0 Å². The lowest BCUT2D eigenvalue weighted by Crippen LogP contribution is -2.21. The molecule has 116 valence electrons. The van der Waals surface area contributed by atoms with Gasteiger partial charge in [-0.15, -0.1) is 0 Å². The van der Waals surface area contributed by atoms with Crippen molar-refractivity contribution < 1.29 is 9.53 Å². The molecule has 3 nitrogen and oxygen atoms in total. The van der Waals surface area contributed by atoms with Crippen LogP contribution in [-0.2, 0) is 11.2 Å². The van der Waals surface area contributed by atoms with Crippen molar-refractivity contribution in [3.8, 4) is 5.75 Å². The van der Waals surface area contributed by atoms with Crippen LogP contribution in [0.15, 0.2) is 36.4 Å². The van der Waals surface area contributed by atoms with Gasteiger partial charge in [-0.2, -0.15) is 0 Å². The molecule has 1 amide bonds. The van der Waals surface area contributed by atoms with Gasteiger partial charge in [0, 0.05) is 9.26 Å². The number of amides is 1. The second-order valence-corrected chi connectivity index (χ2v) is 6.44. The van der Waals surface area contributed by atoms with Crippen molar-refractivity contribution in [1.29, 1.82) is 0 Å². The molecule has 0 fully saturated rings. The van der Waals surface area contributed by atoms with Crippen LogP contribution in [-0.4, -0.2) is 12.5 Å². The average molecular weight is 409 g/mol. The molecule has 0 saturated carbocycles. The van der Waals surface area contributed by atoms with Crippen LogP contribution in [0, 0.1) is 17.4 Å². The number of carbonyl (C=O) groups is 1. The van der Waals surface area contributed by atoms with E-state index in [1.165, 1.54) is 3.57 Å². The largest absolute Gasteiger partial charge is 0.483 e. The SMILES string of the molecule is CCc1cc(I)ccc1NC(=O)COc1cccc(C)c1C. The second-order valence-electron chi connectivity index (χ2n) is 5.19. The van der Waals surface area contributed by atoms with Crippen molar-refractivity contribution in [2.24, 2.45) is 0 Å². The third-order valence-electron chi connectivity index (χ3n) is 3.64. The summed E-state index contributed by atoms with van der Waals surface area (Å²) in [6, 6.07) is 11.9. The minimum absolute atomic E-state index is 0.0133. The first-order chi connectivity index (χ1) is 10.5. The highest BCUT2D eigenvalue weighted by Crippen LogP contribution is 2.21. The summed E-state index contributed by atoms with van der Waals surface area (Å²) in [4.78, 5) is 12.1. The molecule has 0 bridgehead atoms. The van der Waals surface area contributed by atoms with Gasteiger partial charge in [0.1, 0.15) is 5.75 Å². The summed E-state index contributed by atoms with van der Waals surface area (Å²) in [6.07, 6.45) is 0.879. The third kappa shape index (κ3) is 4.22. The number of aryl methyl sites for hydroxylation is 2. The second kappa shape index (κ2) is 7.63. The quantitative estimate of drug-likeness (QED) is 0.740. The third-order valence-corrected chi connectivity index (χ3v) is 4.31.